The third kappa shape index (κ3) is 5.23. The summed E-state index contributed by atoms with van der Waals surface area (Å²) in [6.45, 7) is 7.90. The van der Waals surface area contributed by atoms with Crippen LogP contribution in [-0.2, 0) is 15.3 Å². The molecule has 2 N–H and O–H groups in total. The molecule has 0 saturated heterocycles. The van der Waals surface area contributed by atoms with E-state index in [1.165, 1.54) is 23.5 Å². The van der Waals surface area contributed by atoms with E-state index in [2.05, 4.69) is 20.8 Å². The molecule has 7 nitrogen and oxygen atoms in total. The topological polar surface area (TPSA) is 101 Å². The molecule has 0 radical (unpaired) electrons. The second-order valence-corrected chi connectivity index (χ2v) is 9.82. The lowest BCUT2D eigenvalue weighted by molar-refractivity contribution is 0.249. The van der Waals surface area contributed by atoms with E-state index in [1.807, 2.05) is 27.7 Å². The standard InChI is InChI=1S/C16H22N4O3S2/c1-10(11-6-8-12(9-7-11)25(5,22)23)17-14(21)18-15-20-19-13(24-15)16(2,3)4/h6-10H,1-5H3,(H2,17,18,20,21). The van der Waals surface area contributed by atoms with E-state index in [4.69, 9.17) is 0 Å². The number of carbonyl (C=O) groups excluding carboxylic acids is 1. The Labute approximate surface area is 151 Å². The number of amides is 2. The van der Waals surface area contributed by atoms with Crippen molar-refractivity contribution in [1.82, 2.24) is 15.5 Å². The number of aromatic nitrogens is 2. The number of hydrogen-bond donors (Lipinski definition) is 2. The van der Waals surface area contributed by atoms with Gasteiger partial charge in [-0.25, -0.2) is 13.2 Å². The minimum atomic E-state index is -3.23. The first-order valence-electron chi connectivity index (χ1n) is 7.68. The van der Waals surface area contributed by atoms with E-state index >= 15 is 0 Å². The minimum absolute atomic E-state index is 0.122. The number of anilines is 1. The first-order chi connectivity index (χ1) is 11.5. The lowest BCUT2D eigenvalue weighted by Crippen LogP contribution is -2.31. The third-order valence-corrected chi connectivity index (χ3v) is 5.84. The van der Waals surface area contributed by atoms with E-state index < -0.39 is 15.9 Å². The highest BCUT2D eigenvalue weighted by atomic mass is 32.2. The number of hydrogen-bond acceptors (Lipinski definition) is 6. The fourth-order valence-electron chi connectivity index (χ4n) is 1.99. The second kappa shape index (κ2) is 7.09. The van der Waals surface area contributed by atoms with E-state index in [0.717, 1.165) is 16.8 Å². The van der Waals surface area contributed by atoms with Crippen molar-refractivity contribution in [3.8, 4) is 0 Å². The van der Waals surface area contributed by atoms with Crippen molar-refractivity contribution < 1.29 is 13.2 Å². The highest BCUT2D eigenvalue weighted by Gasteiger charge is 2.20. The predicted octanol–water partition coefficient (Wildman–Crippen LogP) is 3.12. The molecule has 0 aliphatic rings. The van der Waals surface area contributed by atoms with E-state index in [-0.39, 0.29) is 16.4 Å². The van der Waals surface area contributed by atoms with Crippen LogP contribution in [0, 0.1) is 0 Å². The zero-order chi connectivity index (χ0) is 18.8. The minimum Gasteiger partial charge on any atom is -0.331 e. The van der Waals surface area contributed by atoms with Crippen LogP contribution in [0.15, 0.2) is 29.2 Å². The Kier molecular flexibility index (Phi) is 5.48. The Hall–Kier alpha value is -2.00. The molecule has 0 spiro atoms. The molecule has 0 saturated carbocycles. The smallest absolute Gasteiger partial charge is 0.321 e. The maximum atomic E-state index is 12.1. The van der Waals surface area contributed by atoms with Gasteiger partial charge in [-0.3, -0.25) is 5.32 Å². The molecule has 2 amide bonds. The summed E-state index contributed by atoms with van der Waals surface area (Å²) in [7, 11) is -3.23. The van der Waals surface area contributed by atoms with Crippen molar-refractivity contribution in [2.45, 2.75) is 44.0 Å². The summed E-state index contributed by atoms with van der Waals surface area (Å²) in [5.74, 6) is 0. The average molecular weight is 383 g/mol. The van der Waals surface area contributed by atoms with Crippen molar-refractivity contribution >= 4 is 32.3 Å². The van der Waals surface area contributed by atoms with Crippen molar-refractivity contribution in [3.05, 3.63) is 34.8 Å². The number of nitrogens with one attached hydrogen (secondary N) is 2. The molecule has 0 aliphatic carbocycles. The van der Waals surface area contributed by atoms with E-state index in [1.54, 1.807) is 12.1 Å². The SMILES string of the molecule is CC(NC(=O)Nc1nnc(C(C)(C)C)s1)c1ccc(S(C)(=O)=O)cc1. The molecule has 0 fully saturated rings. The van der Waals surface area contributed by atoms with Crippen LogP contribution < -0.4 is 10.6 Å². The molecule has 1 heterocycles. The van der Waals surface area contributed by atoms with E-state index in [9.17, 15) is 13.2 Å². The van der Waals surface area contributed by atoms with Gasteiger partial charge < -0.3 is 5.32 Å². The van der Waals surface area contributed by atoms with Gasteiger partial charge in [-0.2, -0.15) is 0 Å². The number of rotatable bonds is 4. The van der Waals surface area contributed by atoms with Gasteiger partial charge in [-0.1, -0.05) is 44.2 Å². The van der Waals surface area contributed by atoms with Crippen LogP contribution in [-0.4, -0.2) is 30.9 Å². The monoisotopic (exact) mass is 382 g/mol. The second-order valence-electron chi connectivity index (χ2n) is 6.82. The fourth-order valence-corrected chi connectivity index (χ4v) is 3.42. The largest absolute Gasteiger partial charge is 0.331 e. The van der Waals surface area contributed by atoms with Crippen LogP contribution in [0.2, 0.25) is 0 Å². The molecular formula is C16H22N4O3S2. The summed E-state index contributed by atoms with van der Waals surface area (Å²) in [5.41, 5.74) is 0.679. The van der Waals surface area contributed by atoms with E-state index in [0.29, 0.717) is 5.13 Å². The molecule has 1 aromatic heterocycles. The summed E-state index contributed by atoms with van der Waals surface area (Å²) in [4.78, 5) is 12.3. The molecule has 1 unspecified atom stereocenters. The van der Waals surface area contributed by atoms with Gasteiger partial charge in [0.15, 0.2) is 9.84 Å². The molecule has 1 aromatic carbocycles. The van der Waals surface area contributed by atoms with Gasteiger partial charge in [-0.05, 0) is 24.6 Å². The van der Waals surface area contributed by atoms with Crippen molar-refractivity contribution in [2.75, 3.05) is 11.6 Å². The summed E-state index contributed by atoms with van der Waals surface area (Å²) in [6.07, 6.45) is 1.16. The summed E-state index contributed by atoms with van der Waals surface area (Å²) >= 11 is 1.33. The first-order valence-corrected chi connectivity index (χ1v) is 10.4. The molecular weight excluding hydrogens is 360 g/mol. The van der Waals surface area contributed by atoms with Crippen molar-refractivity contribution in [3.63, 3.8) is 0 Å². The van der Waals surface area contributed by atoms with Gasteiger partial charge in [0.1, 0.15) is 5.01 Å². The van der Waals surface area contributed by atoms with Crippen LogP contribution >= 0.6 is 11.3 Å². The fraction of sp³-hybridized carbons (Fsp3) is 0.438. The van der Waals surface area contributed by atoms with Crippen LogP contribution in [0.3, 0.4) is 0 Å². The Bertz CT molecular complexity index is 852. The maximum absolute atomic E-state index is 12.1. The van der Waals surface area contributed by atoms with Gasteiger partial charge in [0.25, 0.3) is 0 Å². The average Bonchev–Trinajstić information content (AvgIpc) is 2.95. The molecule has 9 heteroatoms. The van der Waals surface area contributed by atoms with Crippen LogP contribution in [0.25, 0.3) is 0 Å². The van der Waals surface area contributed by atoms with Gasteiger partial charge in [0.2, 0.25) is 5.13 Å². The Morgan fingerprint density at radius 1 is 1.16 bits per heavy atom. The highest BCUT2D eigenvalue weighted by Crippen LogP contribution is 2.27. The highest BCUT2D eigenvalue weighted by molar-refractivity contribution is 7.90. The molecule has 1 atom stereocenters. The van der Waals surface area contributed by atoms with Crippen LogP contribution in [0.1, 0.15) is 44.3 Å². The molecule has 136 valence electrons. The summed E-state index contributed by atoms with van der Waals surface area (Å²) in [5, 5.41) is 14.8. The normalized spacial score (nSPS) is 13.3. The van der Waals surface area contributed by atoms with Crippen molar-refractivity contribution in [2.24, 2.45) is 0 Å². The summed E-state index contributed by atoms with van der Waals surface area (Å²) in [6, 6.07) is 5.75. The maximum Gasteiger partial charge on any atom is 0.321 e. The number of benzene rings is 1. The lowest BCUT2D eigenvalue weighted by atomic mass is 9.98. The summed E-state index contributed by atoms with van der Waals surface area (Å²) < 4.78 is 23.0. The molecule has 0 bridgehead atoms. The number of urea groups is 1. The third-order valence-electron chi connectivity index (χ3n) is 3.44. The Morgan fingerprint density at radius 2 is 1.76 bits per heavy atom. The van der Waals surface area contributed by atoms with Gasteiger partial charge >= 0.3 is 6.03 Å². The van der Waals surface area contributed by atoms with Crippen molar-refractivity contribution in [1.29, 1.82) is 0 Å². The first kappa shape index (κ1) is 19.3. The molecule has 0 aliphatic heterocycles. The Morgan fingerprint density at radius 3 is 2.24 bits per heavy atom. The van der Waals surface area contributed by atoms with Gasteiger partial charge in [-0.15, -0.1) is 10.2 Å². The lowest BCUT2D eigenvalue weighted by Gasteiger charge is -2.14. The molecule has 25 heavy (non-hydrogen) atoms. The molecule has 2 rings (SSSR count). The predicted molar refractivity (Wildman–Crippen MR) is 98.7 cm³/mol. The quantitative estimate of drug-likeness (QED) is 0.846. The van der Waals surface area contributed by atoms with Gasteiger partial charge in [0, 0.05) is 11.7 Å². The van der Waals surface area contributed by atoms with Gasteiger partial charge in [0.05, 0.1) is 10.9 Å². The van der Waals surface area contributed by atoms with Crippen LogP contribution in [0.4, 0.5) is 9.93 Å². The Balaban J connectivity index is 1.99. The number of nitrogens with zero attached hydrogens (tertiary/aromatic N) is 2. The van der Waals surface area contributed by atoms with Crippen LogP contribution in [0.5, 0.6) is 0 Å². The number of carbonyl (C=O) groups is 1. The zero-order valence-electron chi connectivity index (χ0n) is 14.8. The molecule has 2 aromatic rings. The zero-order valence-corrected chi connectivity index (χ0v) is 16.5. The number of sulfone groups is 1.